The molecule has 128 valence electrons. The van der Waals surface area contributed by atoms with Crippen molar-refractivity contribution in [1.82, 2.24) is 0 Å². The number of unbranched alkanes of at least 4 members (excludes halogenated alkanes) is 1. The summed E-state index contributed by atoms with van der Waals surface area (Å²) in [6.07, 6.45) is 4.23. The molecule has 2 heteroatoms. The smallest absolute Gasteiger partial charge is 0.120 e. The van der Waals surface area contributed by atoms with Crippen LogP contribution < -0.4 is 0 Å². The summed E-state index contributed by atoms with van der Waals surface area (Å²) in [7, 11) is 0. The van der Waals surface area contributed by atoms with Crippen molar-refractivity contribution in [2.24, 2.45) is 0 Å². The summed E-state index contributed by atoms with van der Waals surface area (Å²) < 4.78 is 0. The first-order valence-electron chi connectivity index (χ1n) is 8.94. The molecule has 0 radical (unpaired) electrons. The normalized spacial score (nSPS) is 21.7. The number of rotatable bonds is 4. The third-order valence-electron chi connectivity index (χ3n) is 5.56. The highest BCUT2D eigenvalue weighted by Crippen LogP contribution is 2.56. The van der Waals surface area contributed by atoms with Gasteiger partial charge < -0.3 is 10.2 Å². The van der Waals surface area contributed by atoms with Crippen LogP contribution in [0.3, 0.4) is 0 Å². The maximum absolute atomic E-state index is 10.8. The fourth-order valence-corrected chi connectivity index (χ4v) is 4.49. The minimum Gasteiger partial charge on any atom is -0.508 e. The zero-order valence-electron chi connectivity index (χ0n) is 15.2. The van der Waals surface area contributed by atoms with Gasteiger partial charge in [0.1, 0.15) is 11.5 Å². The van der Waals surface area contributed by atoms with Crippen LogP contribution in [0.25, 0.3) is 0 Å². The Labute approximate surface area is 145 Å². The highest BCUT2D eigenvalue weighted by Gasteiger charge is 2.47. The molecule has 1 unspecified atom stereocenters. The van der Waals surface area contributed by atoms with Crippen molar-refractivity contribution in [3.63, 3.8) is 0 Å². The number of hydrogen-bond donors (Lipinski definition) is 2. The average molecular weight is 324 g/mol. The lowest BCUT2D eigenvalue weighted by molar-refractivity contribution is 0.409. The van der Waals surface area contributed by atoms with Crippen molar-refractivity contribution in [1.29, 1.82) is 0 Å². The fourth-order valence-electron chi connectivity index (χ4n) is 4.49. The fraction of sp³-hybridized carbons (Fsp3) is 0.455. The lowest BCUT2D eigenvalue weighted by Crippen LogP contribution is -2.23. The quantitative estimate of drug-likeness (QED) is 0.787. The van der Waals surface area contributed by atoms with Crippen LogP contribution in [0.15, 0.2) is 36.4 Å². The summed E-state index contributed by atoms with van der Waals surface area (Å²) in [6.45, 7) is 8.88. The zero-order valence-corrected chi connectivity index (χ0v) is 15.2. The predicted octanol–water partition coefficient (Wildman–Crippen LogP) is 5.43. The molecule has 0 amide bonds. The van der Waals surface area contributed by atoms with Crippen LogP contribution >= 0.6 is 0 Å². The maximum atomic E-state index is 10.8. The molecule has 0 spiro atoms. The lowest BCUT2D eigenvalue weighted by Gasteiger charge is -2.28. The van der Waals surface area contributed by atoms with Crippen molar-refractivity contribution in [2.75, 3.05) is 0 Å². The first kappa shape index (κ1) is 16.9. The second-order valence-corrected chi connectivity index (χ2v) is 8.08. The van der Waals surface area contributed by atoms with E-state index in [-0.39, 0.29) is 16.6 Å². The molecule has 2 nitrogen and oxygen atoms in total. The SMILES string of the molecule is CCCCc1cc(O)c2c(c1)C(C)(C)CC2(C)c1cccc(O)c1. The van der Waals surface area contributed by atoms with Gasteiger partial charge in [-0.25, -0.2) is 0 Å². The molecule has 0 bridgehead atoms. The van der Waals surface area contributed by atoms with Gasteiger partial charge in [0.2, 0.25) is 0 Å². The van der Waals surface area contributed by atoms with Crippen LogP contribution in [-0.2, 0) is 17.3 Å². The van der Waals surface area contributed by atoms with Crippen molar-refractivity contribution < 1.29 is 10.2 Å². The molecule has 0 saturated carbocycles. The summed E-state index contributed by atoms with van der Waals surface area (Å²) in [5.41, 5.74) is 4.27. The van der Waals surface area contributed by atoms with E-state index in [0.717, 1.165) is 36.8 Å². The van der Waals surface area contributed by atoms with Gasteiger partial charge in [0, 0.05) is 11.0 Å². The summed E-state index contributed by atoms with van der Waals surface area (Å²) in [5.74, 6) is 0.675. The van der Waals surface area contributed by atoms with Crippen LogP contribution in [-0.4, -0.2) is 10.2 Å². The van der Waals surface area contributed by atoms with Crippen LogP contribution in [0, 0.1) is 0 Å². The molecule has 0 aliphatic heterocycles. The number of fused-ring (bicyclic) bond motifs is 1. The molecule has 0 saturated heterocycles. The van der Waals surface area contributed by atoms with E-state index in [0.29, 0.717) is 5.75 Å². The Bertz CT molecular complexity index is 761. The van der Waals surface area contributed by atoms with Gasteiger partial charge in [0.15, 0.2) is 0 Å². The molecule has 0 aromatic heterocycles. The van der Waals surface area contributed by atoms with E-state index in [4.69, 9.17) is 0 Å². The summed E-state index contributed by atoms with van der Waals surface area (Å²) >= 11 is 0. The van der Waals surface area contributed by atoms with Gasteiger partial charge in [-0.2, -0.15) is 0 Å². The molecule has 24 heavy (non-hydrogen) atoms. The van der Waals surface area contributed by atoms with Crippen LogP contribution in [0.4, 0.5) is 0 Å². The van der Waals surface area contributed by atoms with Gasteiger partial charge in [-0.3, -0.25) is 0 Å². The second kappa shape index (κ2) is 5.84. The van der Waals surface area contributed by atoms with Crippen molar-refractivity contribution in [2.45, 2.75) is 64.2 Å². The zero-order chi connectivity index (χ0) is 17.5. The van der Waals surface area contributed by atoms with Gasteiger partial charge in [0.25, 0.3) is 0 Å². The number of hydrogen-bond acceptors (Lipinski definition) is 2. The molecule has 2 N–H and O–H groups in total. The Kier molecular flexibility index (Phi) is 4.11. The number of benzene rings is 2. The van der Waals surface area contributed by atoms with Crippen molar-refractivity contribution in [3.05, 3.63) is 58.7 Å². The van der Waals surface area contributed by atoms with E-state index in [1.807, 2.05) is 18.2 Å². The summed E-state index contributed by atoms with van der Waals surface area (Å²) in [5, 5.41) is 20.8. The maximum Gasteiger partial charge on any atom is 0.120 e. The first-order chi connectivity index (χ1) is 11.3. The number of aromatic hydroxyl groups is 2. The molecule has 1 aliphatic carbocycles. The van der Waals surface area contributed by atoms with Gasteiger partial charge >= 0.3 is 0 Å². The first-order valence-corrected chi connectivity index (χ1v) is 8.94. The highest BCUT2D eigenvalue weighted by atomic mass is 16.3. The number of phenols is 2. The predicted molar refractivity (Wildman–Crippen MR) is 98.9 cm³/mol. The van der Waals surface area contributed by atoms with E-state index in [1.165, 1.54) is 11.1 Å². The Morgan fingerprint density at radius 3 is 2.46 bits per heavy atom. The van der Waals surface area contributed by atoms with E-state index in [1.54, 1.807) is 6.07 Å². The molecular formula is C22H28O2. The lowest BCUT2D eigenvalue weighted by atomic mass is 9.75. The minimum absolute atomic E-state index is 0.00471. The molecule has 0 fully saturated rings. The topological polar surface area (TPSA) is 40.5 Å². The number of phenolic OH excluding ortho intramolecular Hbond substituents is 2. The summed E-state index contributed by atoms with van der Waals surface area (Å²) in [6, 6.07) is 11.7. The molecule has 2 aromatic rings. The molecule has 1 aliphatic rings. The van der Waals surface area contributed by atoms with Gasteiger partial charge in [-0.15, -0.1) is 0 Å². The Hall–Kier alpha value is -1.96. The summed E-state index contributed by atoms with van der Waals surface area (Å²) in [4.78, 5) is 0. The number of aryl methyl sites for hydroxylation is 1. The second-order valence-electron chi connectivity index (χ2n) is 8.08. The van der Waals surface area contributed by atoms with Crippen LogP contribution in [0.5, 0.6) is 11.5 Å². The standard InChI is InChI=1S/C22H28O2/c1-5-6-8-15-11-18-20(19(24)12-15)22(4,14-21(18,2)3)16-9-7-10-17(23)13-16/h7,9-13,23-24H,5-6,8,14H2,1-4H3. The van der Waals surface area contributed by atoms with E-state index < -0.39 is 0 Å². The van der Waals surface area contributed by atoms with E-state index >= 15 is 0 Å². The molecule has 3 rings (SSSR count). The van der Waals surface area contributed by atoms with E-state index in [2.05, 4.69) is 39.8 Å². The highest BCUT2D eigenvalue weighted by molar-refractivity contribution is 5.59. The Morgan fingerprint density at radius 2 is 1.79 bits per heavy atom. The third kappa shape index (κ3) is 2.68. The molecular weight excluding hydrogens is 296 g/mol. The monoisotopic (exact) mass is 324 g/mol. The van der Waals surface area contributed by atoms with Gasteiger partial charge in [-0.05, 0) is 59.6 Å². The Morgan fingerprint density at radius 1 is 1.04 bits per heavy atom. The molecule has 0 heterocycles. The van der Waals surface area contributed by atoms with Gasteiger partial charge in [-0.1, -0.05) is 52.3 Å². The van der Waals surface area contributed by atoms with Crippen molar-refractivity contribution >= 4 is 0 Å². The Balaban J connectivity index is 2.16. The van der Waals surface area contributed by atoms with Crippen LogP contribution in [0.1, 0.15) is 69.2 Å². The molecule has 1 atom stereocenters. The third-order valence-corrected chi connectivity index (χ3v) is 5.56. The van der Waals surface area contributed by atoms with Crippen LogP contribution in [0.2, 0.25) is 0 Å². The molecule has 2 aromatic carbocycles. The minimum atomic E-state index is -0.287. The van der Waals surface area contributed by atoms with Gasteiger partial charge in [0.05, 0.1) is 0 Å². The average Bonchev–Trinajstić information content (AvgIpc) is 2.73. The van der Waals surface area contributed by atoms with E-state index in [9.17, 15) is 10.2 Å². The largest absolute Gasteiger partial charge is 0.508 e. The van der Waals surface area contributed by atoms with Crippen molar-refractivity contribution in [3.8, 4) is 11.5 Å².